The number of hydrogen-bond acceptors (Lipinski definition) is 2. The normalized spacial score (nSPS) is 11.4. The number of benzene rings is 4. The fourth-order valence-electron chi connectivity index (χ4n) is 5.25. The first-order valence-corrected chi connectivity index (χ1v) is 14.0. The Balaban J connectivity index is 1.55. The molecular weight excluding hydrogens is 495 g/mol. The molecule has 0 atom stereocenters. The van der Waals surface area contributed by atoms with Crippen LogP contribution in [0, 0.1) is 13.8 Å². The number of fused-ring (bicyclic) bond motifs is 2. The number of hydrogen-bond donors (Lipinski definition) is 0. The molecule has 2 nitrogen and oxygen atoms in total. The second kappa shape index (κ2) is 11.5. The van der Waals surface area contributed by atoms with Crippen LogP contribution in [0.25, 0.3) is 21.8 Å². The molecule has 1 aromatic heterocycles. The van der Waals surface area contributed by atoms with Crippen molar-refractivity contribution in [2.24, 2.45) is 0 Å². The van der Waals surface area contributed by atoms with E-state index in [1.807, 2.05) is 0 Å². The third kappa shape index (κ3) is 5.61. The van der Waals surface area contributed by atoms with Crippen molar-refractivity contribution in [2.75, 3.05) is 29.7 Å². The minimum Gasteiger partial charge on any atom is -0.369 e. The standard InChI is InChI=1S/C33H32Cl2N2/c1-23-10-13-26(24(2)20-23)22-31-29-7-3-4-9-32(29)36-33-27(6-5-8-30(31)33)21-25-11-14-28(15-12-25)37(18-16-34)19-17-35/h3-15,20H,16-19,21-22H2,1-2H3. The first-order chi connectivity index (χ1) is 18.1. The number of aryl methyl sites for hydroxylation is 2. The van der Waals surface area contributed by atoms with Crippen LogP contribution < -0.4 is 4.90 Å². The Bertz CT molecular complexity index is 1520. The van der Waals surface area contributed by atoms with Gasteiger partial charge in [0.2, 0.25) is 0 Å². The quantitative estimate of drug-likeness (QED) is 0.141. The van der Waals surface area contributed by atoms with Gasteiger partial charge in [0.05, 0.1) is 11.0 Å². The lowest BCUT2D eigenvalue weighted by molar-refractivity contribution is 0.873. The summed E-state index contributed by atoms with van der Waals surface area (Å²) in [6, 6.07) is 30.7. The van der Waals surface area contributed by atoms with Crippen molar-refractivity contribution in [3.05, 3.63) is 118 Å². The summed E-state index contributed by atoms with van der Waals surface area (Å²) in [5.74, 6) is 1.16. The Morgan fingerprint density at radius 1 is 0.703 bits per heavy atom. The summed E-state index contributed by atoms with van der Waals surface area (Å²) in [5.41, 5.74) is 11.2. The van der Waals surface area contributed by atoms with Gasteiger partial charge in [-0.15, -0.1) is 23.2 Å². The smallest absolute Gasteiger partial charge is 0.0747 e. The Labute approximate surface area is 229 Å². The molecule has 0 aliphatic heterocycles. The molecule has 0 spiro atoms. The number of nitrogens with zero attached hydrogens (tertiary/aromatic N) is 2. The average molecular weight is 528 g/mol. The van der Waals surface area contributed by atoms with Crippen molar-refractivity contribution >= 4 is 50.7 Å². The van der Waals surface area contributed by atoms with E-state index in [4.69, 9.17) is 28.2 Å². The maximum Gasteiger partial charge on any atom is 0.0747 e. The zero-order chi connectivity index (χ0) is 25.8. The summed E-state index contributed by atoms with van der Waals surface area (Å²) < 4.78 is 0. The van der Waals surface area contributed by atoms with Crippen molar-refractivity contribution in [3.8, 4) is 0 Å². The van der Waals surface area contributed by atoms with Crippen LogP contribution in [0.2, 0.25) is 0 Å². The van der Waals surface area contributed by atoms with Gasteiger partial charge in [-0.1, -0.05) is 72.3 Å². The number of pyridine rings is 1. The Hall–Kier alpha value is -3.07. The predicted molar refractivity (Wildman–Crippen MR) is 161 cm³/mol. The van der Waals surface area contributed by atoms with E-state index in [-0.39, 0.29) is 0 Å². The molecule has 0 amide bonds. The molecule has 0 saturated carbocycles. The van der Waals surface area contributed by atoms with Crippen molar-refractivity contribution in [1.29, 1.82) is 0 Å². The number of alkyl halides is 2. The molecule has 188 valence electrons. The molecule has 0 bridgehead atoms. The molecule has 37 heavy (non-hydrogen) atoms. The molecule has 5 rings (SSSR count). The average Bonchev–Trinajstić information content (AvgIpc) is 2.91. The van der Waals surface area contributed by atoms with Gasteiger partial charge in [-0.2, -0.15) is 0 Å². The van der Waals surface area contributed by atoms with Gasteiger partial charge in [-0.25, -0.2) is 4.98 Å². The van der Waals surface area contributed by atoms with E-state index in [9.17, 15) is 0 Å². The minimum absolute atomic E-state index is 0.582. The van der Waals surface area contributed by atoms with E-state index in [1.54, 1.807) is 0 Å². The molecule has 5 aromatic rings. The summed E-state index contributed by atoms with van der Waals surface area (Å²) in [5, 5.41) is 2.47. The second-order valence-electron chi connectivity index (χ2n) is 9.74. The molecule has 0 N–H and O–H groups in total. The Morgan fingerprint density at radius 2 is 1.43 bits per heavy atom. The maximum absolute atomic E-state index is 6.01. The van der Waals surface area contributed by atoms with Crippen LogP contribution >= 0.6 is 23.2 Å². The van der Waals surface area contributed by atoms with Gasteiger partial charge in [-0.05, 0) is 72.7 Å². The van der Waals surface area contributed by atoms with Gasteiger partial charge in [0.15, 0.2) is 0 Å². The van der Waals surface area contributed by atoms with Crippen LogP contribution in [0.5, 0.6) is 0 Å². The fourth-order valence-corrected chi connectivity index (χ4v) is 5.65. The highest BCUT2D eigenvalue weighted by Gasteiger charge is 2.14. The number of halogens is 2. The van der Waals surface area contributed by atoms with Gasteiger partial charge in [0, 0.05) is 41.3 Å². The number of anilines is 1. The minimum atomic E-state index is 0.582. The van der Waals surface area contributed by atoms with Crippen molar-refractivity contribution in [3.63, 3.8) is 0 Å². The van der Waals surface area contributed by atoms with Gasteiger partial charge in [-0.3, -0.25) is 0 Å². The number of aromatic nitrogens is 1. The molecule has 0 radical (unpaired) electrons. The second-order valence-corrected chi connectivity index (χ2v) is 10.5. The summed E-state index contributed by atoms with van der Waals surface area (Å²) in [6.07, 6.45) is 1.72. The predicted octanol–water partition coefficient (Wildman–Crippen LogP) is 8.47. The van der Waals surface area contributed by atoms with E-state index < -0.39 is 0 Å². The van der Waals surface area contributed by atoms with E-state index in [2.05, 4.69) is 104 Å². The summed E-state index contributed by atoms with van der Waals surface area (Å²) >= 11 is 12.0. The summed E-state index contributed by atoms with van der Waals surface area (Å²) in [4.78, 5) is 7.40. The molecule has 0 fully saturated rings. The van der Waals surface area contributed by atoms with Crippen molar-refractivity contribution < 1.29 is 0 Å². The van der Waals surface area contributed by atoms with E-state index in [0.717, 1.165) is 42.7 Å². The Morgan fingerprint density at radius 3 is 2.16 bits per heavy atom. The van der Waals surface area contributed by atoms with Gasteiger partial charge in [0.1, 0.15) is 0 Å². The molecule has 0 saturated heterocycles. The third-order valence-corrected chi connectivity index (χ3v) is 7.51. The van der Waals surface area contributed by atoms with Gasteiger partial charge in [0.25, 0.3) is 0 Å². The van der Waals surface area contributed by atoms with Crippen molar-refractivity contribution in [2.45, 2.75) is 26.7 Å². The van der Waals surface area contributed by atoms with Crippen LogP contribution in [-0.4, -0.2) is 29.8 Å². The van der Waals surface area contributed by atoms with Gasteiger partial charge >= 0.3 is 0 Å². The van der Waals surface area contributed by atoms with E-state index in [1.165, 1.54) is 44.2 Å². The van der Waals surface area contributed by atoms with Crippen LogP contribution in [-0.2, 0) is 12.8 Å². The highest BCUT2D eigenvalue weighted by Crippen LogP contribution is 2.32. The highest BCUT2D eigenvalue weighted by atomic mass is 35.5. The van der Waals surface area contributed by atoms with Crippen LogP contribution in [0.1, 0.15) is 33.4 Å². The monoisotopic (exact) mass is 526 g/mol. The zero-order valence-electron chi connectivity index (χ0n) is 21.5. The van der Waals surface area contributed by atoms with Crippen LogP contribution in [0.3, 0.4) is 0 Å². The van der Waals surface area contributed by atoms with Crippen molar-refractivity contribution in [1.82, 2.24) is 4.98 Å². The molecule has 0 unspecified atom stereocenters. The molecule has 0 aliphatic carbocycles. The van der Waals surface area contributed by atoms with E-state index in [0.29, 0.717) is 11.8 Å². The SMILES string of the molecule is Cc1ccc(Cc2c3ccccc3nc3c(Cc4ccc(N(CCCl)CCCl)cc4)cccc23)c(C)c1. The lowest BCUT2D eigenvalue weighted by atomic mass is 9.92. The van der Waals surface area contributed by atoms with Gasteiger partial charge < -0.3 is 4.90 Å². The molecular formula is C33H32Cl2N2. The Kier molecular flexibility index (Phi) is 7.98. The van der Waals surface area contributed by atoms with Crippen LogP contribution in [0.4, 0.5) is 5.69 Å². The number of rotatable bonds is 9. The number of para-hydroxylation sites is 2. The fraction of sp³-hybridized carbons (Fsp3) is 0.242. The zero-order valence-corrected chi connectivity index (χ0v) is 23.0. The topological polar surface area (TPSA) is 16.1 Å². The third-order valence-electron chi connectivity index (χ3n) is 7.18. The lowest BCUT2D eigenvalue weighted by Gasteiger charge is -2.23. The highest BCUT2D eigenvalue weighted by molar-refractivity contribution is 6.18. The summed E-state index contributed by atoms with van der Waals surface area (Å²) in [6.45, 7) is 5.94. The summed E-state index contributed by atoms with van der Waals surface area (Å²) in [7, 11) is 0. The molecule has 0 aliphatic rings. The first kappa shape index (κ1) is 25.6. The molecule has 4 heteroatoms. The van der Waals surface area contributed by atoms with E-state index >= 15 is 0 Å². The maximum atomic E-state index is 6.01. The molecule has 1 heterocycles. The largest absolute Gasteiger partial charge is 0.369 e. The van der Waals surface area contributed by atoms with Crippen LogP contribution in [0.15, 0.2) is 84.9 Å². The first-order valence-electron chi connectivity index (χ1n) is 12.9. The molecule has 4 aromatic carbocycles. The lowest BCUT2D eigenvalue weighted by Crippen LogP contribution is -2.27.